The van der Waals surface area contributed by atoms with Gasteiger partial charge in [-0.3, -0.25) is 0 Å². The van der Waals surface area contributed by atoms with E-state index in [1.54, 1.807) is 0 Å². The van der Waals surface area contributed by atoms with E-state index in [1.807, 2.05) is 39.8 Å². The zero-order chi connectivity index (χ0) is 28.4. The van der Waals surface area contributed by atoms with Crippen molar-refractivity contribution in [3.05, 3.63) is 131 Å². The van der Waals surface area contributed by atoms with Crippen molar-refractivity contribution < 1.29 is 0 Å². The van der Waals surface area contributed by atoms with E-state index < -0.39 is 0 Å². The van der Waals surface area contributed by atoms with Gasteiger partial charge >= 0.3 is 0 Å². The lowest BCUT2D eigenvalue weighted by molar-refractivity contribution is 1.09. The highest BCUT2D eigenvalue weighted by Crippen LogP contribution is 2.22. The van der Waals surface area contributed by atoms with Gasteiger partial charge in [0.05, 0.1) is 0 Å². The summed E-state index contributed by atoms with van der Waals surface area (Å²) < 4.78 is 0. The predicted molar refractivity (Wildman–Crippen MR) is 177 cm³/mol. The van der Waals surface area contributed by atoms with Crippen molar-refractivity contribution in [2.24, 2.45) is 0 Å². The van der Waals surface area contributed by atoms with E-state index in [-0.39, 0.29) is 0 Å². The van der Waals surface area contributed by atoms with E-state index in [2.05, 4.69) is 149 Å². The summed E-state index contributed by atoms with van der Waals surface area (Å²) in [7, 11) is 0. The monoisotopic (exact) mass is 506 g/mol. The van der Waals surface area contributed by atoms with Gasteiger partial charge in [-0.25, -0.2) is 0 Å². The molecule has 202 valence electrons. The Hall–Kier alpha value is -3.64. The van der Waals surface area contributed by atoms with Crippen LogP contribution in [0.15, 0.2) is 109 Å². The van der Waals surface area contributed by atoms with Crippen LogP contribution in [0.4, 0.5) is 0 Å². The highest BCUT2D eigenvalue weighted by atomic mass is 14.0. The van der Waals surface area contributed by atoms with Crippen LogP contribution in [0, 0.1) is 0 Å². The lowest BCUT2D eigenvalue weighted by Crippen LogP contribution is -1.80. The van der Waals surface area contributed by atoms with Gasteiger partial charge in [0.25, 0.3) is 0 Å². The number of benzene rings is 4. The van der Waals surface area contributed by atoms with Gasteiger partial charge in [-0.05, 0) is 33.4 Å². The van der Waals surface area contributed by atoms with Crippen LogP contribution in [-0.2, 0) is 0 Å². The third kappa shape index (κ3) is 14.8. The molecule has 0 atom stereocenters. The van der Waals surface area contributed by atoms with E-state index in [4.69, 9.17) is 0 Å². The molecule has 0 bridgehead atoms. The minimum Gasteiger partial charge on any atom is -0.0683 e. The average molecular weight is 507 g/mol. The van der Waals surface area contributed by atoms with Crippen molar-refractivity contribution in [3.8, 4) is 11.1 Å². The molecule has 4 rings (SSSR count). The van der Waals surface area contributed by atoms with Crippen LogP contribution >= 0.6 is 0 Å². The second-order valence-corrected chi connectivity index (χ2v) is 8.15. The van der Waals surface area contributed by atoms with Crippen molar-refractivity contribution in [3.63, 3.8) is 0 Å². The summed E-state index contributed by atoms with van der Waals surface area (Å²) in [6.07, 6.45) is 11.1. The molecule has 0 saturated carbocycles. The fraction of sp³-hybridized carbons (Fsp3) is 0.263. The van der Waals surface area contributed by atoms with Gasteiger partial charge in [0.1, 0.15) is 0 Å². The van der Waals surface area contributed by atoms with Crippen LogP contribution in [0.3, 0.4) is 0 Å². The van der Waals surface area contributed by atoms with Gasteiger partial charge in [0, 0.05) is 0 Å². The maximum atomic E-state index is 2.18. The molecule has 0 radical (unpaired) electrons. The van der Waals surface area contributed by atoms with Crippen LogP contribution in [0.25, 0.3) is 35.4 Å². The molecule has 0 fully saturated rings. The fourth-order valence-corrected chi connectivity index (χ4v) is 3.09. The van der Waals surface area contributed by atoms with Gasteiger partial charge in [-0.15, -0.1) is 0 Å². The molecule has 0 saturated heterocycles. The van der Waals surface area contributed by atoms with Crippen molar-refractivity contribution >= 4 is 24.3 Å². The molecule has 0 unspecified atom stereocenters. The van der Waals surface area contributed by atoms with Crippen molar-refractivity contribution in [2.75, 3.05) is 0 Å². The van der Waals surface area contributed by atoms with Crippen LogP contribution in [-0.4, -0.2) is 0 Å². The van der Waals surface area contributed by atoms with E-state index in [0.717, 1.165) is 0 Å². The minimum atomic E-state index is 1.20. The summed E-state index contributed by atoms with van der Waals surface area (Å²) >= 11 is 0. The van der Waals surface area contributed by atoms with Crippen molar-refractivity contribution in [1.29, 1.82) is 0 Å². The van der Waals surface area contributed by atoms with E-state index >= 15 is 0 Å². The smallest absolute Gasteiger partial charge is 0.0184 e. The molecule has 4 aromatic rings. The molecular weight excluding hydrogens is 456 g/mol. The molecule has 0 aliphatic rings. The first-order valence-corrected chi connectivity index (χ1v) is 14.4. The summed E-state index contributed by atoms with van der Waals surface area (Å²) in [5.41, 5.74) is 7.30. The summed E-state index contributed by atoms with van der Waals surface area (Å²) in [5.74, 6) is 0. The number of rotatable bonds is 5. The molecular formula is C38H50. The summed E-state index contributed by atoms with van der Waals surface area (Å²) in [6, 6.07) is 38.1. The van der Waals surface area contributed by atoms with Gasteiger partial charge < -0.3 is 0 Å². The predicted octanol–water partition coefficient (Wildman–Crippen LogP) is 12.6. The van der Waals surface area contributed by atoms with Crippen LogP contribution < -0.4 is 0 Å². The van der Waals surface area contributed by atoms with E-state index in [1.165, 1.54) is 46.2 Å². The Morgan fingerprint density at radius 1 is 0.342 bits per heavy atom. The molecule has 0 spiro atoms. The Labute approximate surface area is 234 Å². The first-order valence-electron chi connectivity index (χ1n) is 14.4. The first-order chi connectivity index (χ1) is 18.7. The molecule has 0 heterocycles. The normalized spacial score (nSPS) is 9.58. The molecule has 0 aliphatic heterocycles. The van der Waals surface area contributed by atoms with E-state index in [9.17, 15) is 0 Å². The largest absolute Gasteiger partial charge is 0.0683 e. The second kappa shape index (κ2) is 23.7. The number of hydrogen-bond donors (Lipinski definition) is 0. The van der Waals surface area contributed by atoms with Gasteiger partial charge in [0.15, 0.2) is 0 Å². The van der Waals surface area contributed by atoms with Crippen molar-refractivity contribution in [2.45, 2.75) is 68.2 Å². The van der Waals surface area contributed by atoms with Gasteiger partial charge in [0.2, 0.25) is 0 Å². The second-order valence-electron chi connectivity index (χ2n) is 8.15. The van der Waals surface area contributed by atoms with Crippen LogP contribution in [0.1, 0.15) is 90.5 Å². The molecule has 4 aromatic carbocycles. The lowest BCUT2D eigenvalue weighted by atomic mass is 10.0. The zero-order valence-electron chi connectivity index (χ0n) is 25.1. The maximum absolute atomic E-state index is 2.18. The van der Waals surface area contributed by atoms with Crippen LogP contribution in [0.2, 0.25) is 0 Å². The third-order valence-electron chi connectivity index (χ3n) is 4.69. The SMILES string of the molecule is C(=Cc1ccc(-c2ccc(C=Cc3ccccc3)cc2)cc1)c1ccccc1.CC.CC.CCC.CCC. The summed E-state index contributed by atoms with van der Waals surface area (Å²) in [6.45, 7) is 16.5. The highest BCUT2D eigenvalue weighted by Gasteiger charge is 1.98. The number of hydrogen-bond acceptors (Lipinski definition) is 0. The Morgan fingerprint density at radius 3 is 0.789 bits per heavy atom. The Balaban J connectivity index is 0.00000121. The summed E-state index contributed by atoms with van der Waals surface area (Å²) in [5, 5.41) is 0. The molecule has 0 N–H and O–H groups in total. The Morgan fingerprint density at radius 2 is 0.553 bits per heavy atom. The highest BCUT2D eigenvalue weighted by molar-refractivity contribution is 5.74. The first kappa shape index (κ1) is 34.4. The average Bonchev–Trinajstić information content (AvgIpc) is 3.00. The molecule has 38 heavy (non-hydrogen) atoms. The Kier molecular flexibility index (Phi) is 21.5. The van der Waals surface area contributed by atoms with Crippen LogP contribution in [0.5, 0.6) is 0 Å². The fourth-order valence-electron chi connectivity index (χ4n) is 3.09. The molecule has 0 heteroatoms. The third-order valence-corrected chi connectivity index (χ3v) is 4.69. The lowest BCUT2D eigenvalue weighted by Gasteiger charge is -2.03. The van der Waals surface area contributed by atoms with Gasteiger partial charge in [-0.2, -0.15) is 0 Å². The molecule has 0 aliphatic carbocycles. The molecule has 0 amide bonds. The molecule has 0 aromatic heterocycles. The maximum Gasteiger partial charge on any atom is -0.0184 e. The Bertz CT molecular complexity index is 991. The van der Waals surface area contributed by atoms with Gasteiger partial charge in [-0.1, -0.05) is 202 Å². The standard InChI is InChI=1S/C28H22.2C3H8.2C2H6/c1-3-7-23(8-4-1)11-13-25-15-19-27(20-16-25)28-21-17-26(18-22-28)14-12-24-9-5-2-6-10-24;2*1-3-2;2*1-2/h1-22H;2*3H2,1-2H3;2*1-2H3. The quantitative estimate of drug-likeness (QED) is 0.236. The summed E-state index contributed by atoms with van der Waals surface area (Å²) in [4.78, 5) is 0. The zero-order valence-corrected chi connectivity index (χ0v) is 25.1. The van der Waals surface area contributed by atoms with E-state index in [0.29, 0.717) is 0 Å². The van der Waals surface area contributed by atoms with Crippen molar-refractivity contribution in [1.82, 2.24) is 0 Å². The minimum absolute atomic E-state index is 1.20. The molecule has 0 nitrogen and oxygen atoms in total. The topological polar surface area (TPSA) is 0 Å².